The molecule has 144 valence electrons. The van der Waals surface area contributed by atoms with Crippen LogP contribution in [0.4, 0.5) is 0 Å². The molecule has 26 heavy (non-hydrogen) atoms. The zero-order chi connectivity index (χ0) is 19.5. The Kier molecular flexibility index (Phi) is 9.73. The molecule has 2 aromatic rings. The van der Waals surface area contributed by atoms with Gasteiger partial charge >= 0.3 is 0 Å². The van der Waals surface area contributed by atoms with Crippen LogP contribution in [-0.2, 0) is 0 Å². The highest BCUT2D eigenvalue weighted by molar-refractivity contribution is 7.02. The lowest BCUT2D eigenvalue weighted by Crippen LogP contribution is -2.58. The molecule has 0 unspecified atom stereocenters. The van der Waals surface area contributed by atoms with Crippen molar-refractivity contribution >= 4 is 17.1 Å². The fraction of sp³-hybridized carbons (Fsp3) is 0.500. The van der Waals surface area contributed by atoms with Gasteiger partial charge in [0, 0.05) is 0 Å². The summed E-state index contributed by atoms with van der Waals surface area (Å²) < 4.78 is 1.00. The van der Waals surface area contributed by atoms with E-state index in [4.69, 9.17) is 0 Å². The van der Waals surface area contributed by atoms with Gasteiger partial charge in [0.05, 0.1) is 34.3 Å². The number of benzene rings is 2. The second-order valence-corrected chi connectivity index (χ2v) is 9.04. The number of rotatable bonds is 8. The first-order valence-electron chi connectivity index (χ1n) is 10.4. The fourth-order valence-electron chi connectivity index (χ4n) is 3.75. The van der Waals surface area contributed by atoms with Gasteiger partial charge in [-0.2, -0.15) is 12.6 Å². The summed E-state index contributed by atoms with van der Waals surface area (Å²) in [5.41, 5.74) is 3.09. The van der Waals surface area contributed by atoms with E-state index in [0.29, 0.717) is 0 Å². The van der Waals surface area contributed by atoms with Crippen molar-refractivity contribution in [3.63, 3.8) is 0 Å². The van der Waals surface area contributed by atoms with Crippen molar-refractivity contribution in [3.05, 3.63) is 60.7 Å². The Bertz CT molecular complexity index is 531. The van der Waals surface area contributed by atoms with Crippen LogP contribution in [-0.4, -0.2) is 38.8 Å². The summed E-state index contributed by atoms with van der Waals surface area (Å²) in [6.45, 7) is 4.60. The molecule has 1 nitrogen and oxygen atoms in total. The summed E-state index contributed by atoms with van der Waals surface area (Å²) in [4.78, 5) is 0. The van der Waals surface area contributed by atoms with Crippen LogP contribution >= 0.6 is 0 Å². The van der Waals surface area contributed by atoms with Gasteiger partial charge in [0.2, 0.25) is 0 Å². The summed E-state index contributed by atoms with van der Waals surface area (Å²) in [5, 5.41) is 0. The van der Waals surface area contributed by atoms with E-state index in [1.54, 1.807) is 10.9 Å². The van der Waals surface area contributed by atoms with Crippen LogP contribution in [0.3, 0.4) is 0 Å². The number of hydrogen-bond donors (Lipinski definition) is 0. The molecule has 2 aromatic carbocycles. The Labute approximate surface area is 163 Å². The lowest BCUT2D eigenvalue weighted by atomic mass is 9.15. The van der Waals surface area contributed by atoms with Gasteiger partial charge in [-0.05, 0) is 0 Å². The predicted octanol–water partition coefficient (Wildman–Crippen LogP) is 5.17. The molecule has 2 rings (SSSR count). The third kappa shape index (κ3) is 7.78. The molecule has 0 amide bonds. The molecule has 0 aliphatic heterocycles. The van der Waals surface area contributed by atoms with Crippen LogP contribution in [0.1, 0.15) is 39.5 Å². The number of nitrogens with zero attached hydrogens (tertiary/aromatic N) is 1. The van der Waals surface area contributed by atoms with Crippen molar-refractivity contribution in [1.29, 1.82) is 0 Å². The maximum absolute atomic E-state index is 2.35. The zero-order valence-electron chi connectivity index (χ0n) is 18.0. The van der Waals surface area contributed by atoms with Gasteiger partial charge in [-0.15, -0.1) is 0 Å². The van der Waals surface area contributed by atoms with Crippen molar-refractivity contribution in [1.82, 2.24) is 0 Å². The summed E-state index contributed by atoms with van der Waals surface area (Å²) >= 11 is 0. The van der Waals surface area contributed by atoms with Gasteiger partial charge in [-0.1, -0.05) is 100 Å². The summed E-state index contributed by atoms with van der Waals surface area (Å²) in [6, 6.07) is 22.5. The van der Waals surface area contributed by atoms with Crippen LogP contribution in [0.25, 0.3) is 0 Å². The zero-order valence-corrected chi connectivity index (χ0v) is 18.0. The van der Waals surface area contributed by atoms with Crippen molar-refractivity contribution in [2.24, 2.45) is 0 Å². The first-order valence-corrected chi connectivity index (χ1v) is 10.4. The summed E-state index contributed by atoms with van der Waals surface area (Å²) in [7, 11) is 8.50. The average molecular weight is 353 g/mol. The van der Waals surface area contributed by atoms with Crippen molar-refractivity contribution in [3.8, 4) is 0 Å². The van der Waals surface area contributed by atoms with Crippen LogP contribution in [0.2, 0.25) is 12.6 Å². The predicted molar refractivity (Wildman–Crippen MR) is 121 cm³/mol. The SMILES string of the molecule is CCCC[B-](CCCC)(c1ccccc1)c1ccccc1.C[N+](C)(C)C. The van der Waals surface area contributed by atoms with Gasteiger partial charge in [0.15, 0.2) is 0 Å². The van der Waals surface area contributed by atoms with Crippen LogP contribution < -0.4 is 10.9 Å². The van der Waals surface area contributed by atoms with E-state index in [9.17, 15) is 0 Å². The Balaban J connectivity index is 0.000000597. The molecule has 0 N–H and O–H groups in total. The molecule has 0 fully saturated rings. The lowest BCUT2D eigenvalue weighted by Gasteiger charge is -2.42. The van der Waals surface area contributed by atoms with Crippen LogP contribution in [0, 0.1) is 0 Å². The van der Waals surface area contributed by atoms with E-state index in [2.05, 4.69) is 103 Å². The molecule has 0 heterocycles. The van der Waals surface area contributed by atoms with Crippen molar-refractivity contribution < 1.29 is 4.48 Å². The van der Waals surface area contributed by atoms with E-state index >= 15 is 0 Å². The van der Waals surface area contributed by atoms with Gasteiger partial charge in [-0.25, -0.2) is 10.9 Å². The smallest absolute Gasteiger partial charge is 0.0675 e. The minimum absolute atomic E-state index is 0.611. The van der Waals surface area contributed by atoms with E-state index < -0.39 is 6.15 Å². The highest BCUT2D eigenvalue weighted by Gasteiger charge is 2.26. The van der Waals surface area contributed by atoms with Gasteiger partial charge < -0.3 is 4.48 Å². The Morgan fingerprint density at radius 2 is 0.923 bits per heavy atom. The van der Waals surface area contributed by atoms with Gasteiger partial charge in [0.1, 0.15) is 0 Å². The van der Waals surface area contributed by atoms with E-state index in [0.717, 1.165) is 4.48 Å². The maximum atomic E-state index is 2.35. The Morgan fingerprint density at radius 3 is 1.19 bits per heavy atom. The molecule has 0 bridgehead atoms. The van der Waals surface area contributed by atoms with Gasteiger partial charge in [0.25, 0.3) is 0 Å². The normalized spacial score (nSPS) is 11.6. The molecular formula is C24H40BN. The molecule has 0 aliphatic rings. The van der Waals surface area contributed by atoms with Crippen LogP contribution in [0.15, 0.2) is 60.7 Å². The first-order chi connectivity index (χ1) is 12.3. The first kappa shape index (κ1) is 22.5. The second-order valence-electron chi connectivity index (χ2n) is 9.04. The lowest BCUT2D eigenvalue weighted by molar-refractivity contribution is -0.849. The summed E-state index contributed by atoms with van der Waals surface area (Å²) in [5.74, 6) is 0. The fourth-order valence-corrected chi connectivity index (χ4v) is 3.75. The molecular weight excluding hydrogens is 313 g/mol. The molecule has 0 spiro atoms. The largest absolute Gasteiger partial charge is 0.333 e. The maximum Gasteiger partial charge on any atom is 0.0675 e. The summed E-state index contributed by atoms with van der Waals surface area (Å²) in [6.07, 6.45) is 7.18. The number of quaternary nitrogens is 1. The third-order valence-corrected chi connectivity index (χ3v) is 4.98. The molecule has 0 atom stereocenters. The Hall–Kier alpha value is -1.54. The average Bonchev–Trinajstić information content (AvgIpc) is 2.62. The van der Waals surface area contributed by atoms with Crippen molar-refractivity contribution in [2.45, 2.75) is 52.2 Å². The van der Waals surface area contributed by atoms with E-state index in [1.165, 1.54) is 38.3 Å². The highest BCUT2D eigenvalue weighted by atomic mass is 15.2. The molecule has 0 aromatic heterocycles. The highest BCUT2D eigenvalue weighted by Crippen LogP contribution is 2.22. The van der Waals surface area contributed by atoms with E-state index in [1.807, 2.05) is 0 Å². The third-order valence-electron chi connectivity index (χ3n) is 4.98. The molecule has 0 saturated heterocycles. The van der Waals surface area contributed by atoms with Crippen molar-refractivity contribution in [2.75, 3.05) is 28.2 Å². The second kappa shape index (κ2) is 11.2. The minimum Gasteiger partial charge on any atom is -0.333 e. The van der Waals surface area contributed by atoms with E-state index in [-0.39, 0.29) is 0 Å². The molecule has 0 saturated carbocycles. The monoisotopic (exact) mass is 353 g/mol. The Morgan fingerprint density at radius 1 is 0.615 bits per heavy atom. The molecule has 2 heteroatoms. The van der Waals surface area contributed by atoms with Crippen LogP contribution in [0.5, 0.6) is 0 Å². The molecule has 0 aliphatic carbocycles. The number of hydrogen-bond acceptors (Lipinski definition) is 0. The minimum atomic E-state index is -0.611. The standard InChI is InChI=1S/C20H28B.C4H12N/c1-3-5-17-21(18-6-4-2,19-13-9-7-10-14-19)20-15-11-8-12-16-20;1-5(2,3)4/h7-16H,3-6,17-18H2,1-2H3;1-4H3/q-1;+1. The topological polar surface area (TPSA) is 0 Å². The van der Waals surface area contributed by atoms with Gasteiger partial charge in [-0.3, -0.25) is 0 Å². The molecule has 0 radical (unpaired) electrons. The number of unbranched alkanes of at least 4 members (excludes halogenated alkanes) is 2. The quantitative estimate of drug-likeness (QED) is 0.454.